The fraction of sp³-hybridized carbons (Fsp3) is 1.00. The number of hydrogen-bond donors (Lipinski definition) is 4. The van der Waals surface area contributed by atoms with Crippen molar-refractivity contribution in [3.8, 4) is 0 Å². The van der Waals surface area contributed by atoms with Crippen LogP contribution in [-0.4, -0.2) is 12.1 Å². The molecule has 0 amide bonds. The minimum absolute atomic E-state index is 0. The summed E-state index contributed by atoms with van der Waals surface area (Å²) in [4.78, 5) is 0. The summed E-state index contributed by atoms with van der Waals surface area (Å²) >= 11 is 15.3. The van der Waals surface area contributed by atoms with E-state index in [1.54, 1.807) is 0 Å². The Balaban J connectivity index is -0.00000000197. The number of hydrogen-bond acceptors (Lipinski definition) is 5. The van der Waals surface area contributed by atoms with Crippen molar-refractivity contribution in [1.29, 1.82) is 4.50 Å². The van der Waals surface area contributed by atoms with Gasteiger partial charge in [-0.25, -0.2) is 0 Å². The van der Waals surface area contributed by atoms with E-state index in [1.807, 2.05) is 0 Å². The van der Waals surface area contributed by atoms with Gasteiger partial charge in [-0.2, -0.15) is 53.6 Å². The minimum atomic E-state index is 0. The molecule has 0 atom stereocenters. The summed E-state index contributed by atoms with van der Waals surface area (Å²) in [6, 6.07) is 0. The molecule has 4 nitrogen and oxygen atoms in total. The Bertz CT molecular complexity index is 55.0. The minimum Gasteiger partial charge on any atom is -0.344 e. The zero-order valence-electron chi connectivity index (χ0n) is 10.5. The van der Waals surface area contributed by atoms with Crippen LogP contribution in [0.5, 0.6) is 0 Å². The van der Waals surface area contributed by atoms with E-state index in [9.17, 15) is 0 Å². The Morgan fingerprint density at radius 2 is 0.929 bits per heavy atom. The monoisotopic (exact) mass is 444 g/mol. The molecule has 0 aliphatic carbocycles. The van der Waals surface area contributed by atoms with Gasteiger partial charge in [-0.3, -0.25) is 0 Å². The highest BCUT2D eigenvalue weighted by Gasteiger charge is 1.23. The smallest absolute Gasteiger partial charge is 0.167 e. The molecule has 12 heteroatoms. The second-order valence-electron chi connectivity index (χ2n) is 0.105. The summed E-state index contributed by atoms with van der Waals surface area (Å²) in [5, 5.41) is 0. The molecule has 0 saturated heterocycles. The first kappa shape index (κ1) is 54.7. The topological polar surface area (TPSA) is 140 Å². The maximum atomic E-state index is 5.44. The van der Waals surface area contributed by atoms with Gasteiger partial charge < -0.3 is 24.6 Å². The van der Waals surface area contributed by atoms with E-state index in [-0.39, 0.29) is 64.9 Å². The second kappa shape index (κ2) is 261. The highest BCUT2D eigenvalue weighted by atomic mass is 127. The van der Waals surface area contributed by atoms with Gasteiger partial charge in [-0.05, 0) is 0 Å². The van der Waals surface area contributed by atoms with Crippen LogP contribution in [0.2, 0.25) is 0 Å². The van der Waals surface area contributed by atoms with Crippen molar-refractivity contribution in [3.63, 3.8) is 0 Å². The largest absolute Gasteiger partial charge is 0.344 e. The maximum absolute atomic E-state index is 5.44. The molecule has 0 rings (SSSR count). The van der Waals surface area contributed by atoms with Gasteiger partial charge in [0, 0.05) is 1.43 Å². The first-order chi connectivity index (χ1) is 5.41. The van der Waals surface area contributed by atoms with Crippen molar-refractivity contribution >= 4 is 104 Å². The van der Waals surface area contributed by atoms with Crippen LogP contribution < -0.4 is 24.6 Å². The molecule has 2 radical (unpaired) electrons. The molecule has 0 fully saturated rings. The normalized spacial score (nSPS) is 3.43. The molecule has 0 aliphatic heterocycles. The molecule has 0 unspecified atom stereocenters. The lowest BCUT2D eigenvalue weighted by Gasteiger charge is -1.24. The van der Waals surface area contributed by atoms with E-state index in [0.717, 1.165) is 0 Å². The van der Waals surface area contributed by atoms with E-state index in [2.05, 4.69) is 73.0 Å². The van der Waals surface area contributed by atoms with E-state index < -0.39 is 0 Å². The number of halogens is 1. The van der Waals surface area contributed by atoms with Gasteiger partial charge in [0.05, 0.1) is 4.50 Å². The van der Waals surface area contributed by atoms with Crippen molar-refractivity contribution in [2.75, 3.05) is 0 Å². The zero-order chi connectivity index (χ0) is 10.7. The molecule has 14 heavy (non-hydrogen) atoms. The van der Waals surface area contributed by atoms with Gasteiger partial charge in [-0.1, -0.05) is 33.9 Å². The van der Waals surface area contributed by atoms with Crippen LogP contribution in [0.3, 0.4) is 0 Å². The molecule has 0 aromatic rings. The predicted molar refractivity (Wildman–Crippen MR) is 113 cm³/mol. The average molecular weight is 444 g/mol. The Kier molecular flexibility index (Phi) is 1020. The van der Waals surface area contributed by atoms with Gasteiger partial charge in [0.1, 0.15) is 0 Å². The third-order valence-electron chi connectivity index (χ3n) is 0. The van der Waals surface area contributed by atoms with Gasteiger partial charge in [0.2, 0.25) is 0 Å². The molecule has 104 valence electrons. The second-order valence-corrected chi connectivity index (χ2v) is 0.949. The van der Waals surface area contributed by atoms with Crippen LogP contribution in [0.1, 0.15) is 16.3 Å². The molecule has 0 heterocycles. The molecule has 0 aromatic carbocycles. The first-order valence-electron chi connectivity index (χ1n) is 2.23. The molecule has 0 bridgehead atoms. The summed E-state index contributed by atoms with van der Waals surface area (Å²) < 4.78 is 21.8. The molecular weight excluding hydrogens is 409 g/mol. The quantitative estimate of drug-likeness (QED) is 0.256. The summed E-state index contributed by atoms with van der Waals surface area (Å²) in [5.74, 6) is 0. The highest BCUT2D eigenvalue weighted by Crippen LogP contribution is 1.65. The third-order valence-corrected chi connectivity index (χ3v) is 0. The van der Waals surface area contributed by atoms with Gasteiger partial charge in [0.25, 0.3) is 0 Å². The summed E-state index contributed by atoms with van der Waals surface area (Å²) in [6.07, 6.45) is 0. The van der Waals surface area contributed by atoms with Gasteiger partial charge in [0.15, 0.2) is 7.57 Å². The van der Waals surface area contributed by atoms with Crippen molar-refractivity contribution in [2.45, 2.75) is 14.9 Å². The van der Waals surface area contributed by atoms with Crippen LogP contribution in [0.25, 0.3) is 0 Å². The highest BCUT2D eigenvalue weighted by molar-refractivity contribution is 14.0. The summed E-state index contributed by atoms with van der Waals surface area (Å²) in [5.41, 5.74) is 0. The lowest BCUT2D eigenvalue weighted by atomic mass is 10.8. The van der Waals surface area contributed by atoms with E-state index in [0.29, 0.717) is 7.23 Å². The molecule has 12 N–H and O–H groups in total. The predicted octanol–water partition coefficient (Wildman–Crippen LogP) is 3.71. The Hall–Kier alpha value is 2.55. The Morgan fingerprint density at radius 1 is 0.929 bits per heavy atom. The van der Waals surface area contributed by atoms with Crippen molar-refractivity contribution < 1.29 is 1.43 Å². The van der Waals surface area contributed by atoms with Crippen molar-refractivity contribution in [1.82, 2.24) is 24.6 Å². The molecular formula is C2H31BIN4PS5. The van der Waals surface area contributed by atoms with Crippen molar-refractivity contribution in [2.24, 2.45) is 0 Å². The zero-order valence-corrected chi connectivity index (χ0v) is 14.1. The van der Waals surface area contributed by atoms with E-state index in [1.165, 1.54) is 0 Å². The van der Waals surface area contributed by atoms with Crippen LogP contribution >= 0.6 is 84.8 Å². The SMILES string of the molecule is C.C.I.N.N.N.N.[2H]S.[2H]S.[2H]S.[2H]S.[B]P=S.[HH]. The lowest BCUT2D eigenvalue weighted by molar-refractivity contribution is 2.13. The molecule has 0 aliphatic rings. The summed E-state index contributed by atoms with van der Waals surface area (Å²) in [7, 11) is 5.13. The first-order valence-corrected chi connectivity index (χ1v) is 2.42. The Morgan fingerprint density at radius 3 is 0.929 bits per heavy atom. The molecule has 0 aromatic heterocycles. The third kappa shape index (κ3) is 410. The standard InChI is InChI=1S/2CH4.BPS.HI.4H3N.4H2S.H2/c;;1-2-3;;;;;;;;;;/h2*1H4;;1H;4*1H3;4*1H2;1H/i/hD4. The van der Waals surface area contributed by atoms with E-state index in [4.69, 9.17) is 4.50 Å². The average Bonchev–Trinajstić information content (AvgIpc) is 2.18. The van der Waals surface area contributed by atoms with Crippen LogP contribution in [0, 0.1) is 0 Å². The Labute approximate surface area is 148 Å². The van der Waals surface area contributed by atoms with Gasteiger partial charge >= 0.3 is 0 Å². The molecule has 0 saturated carbocycles. The van der Waals surface area contributed by atoms with Crippen LogP contribution in [0.4, 0.5) is 0 Å². The lowest BCUT2D eigenvalue weighted by Crippen LogP contribution is -1.07. The fourth-order valence-corrected chi connectivity index (χ4v) is 0. The van der Waals surface area contributed by atoms with Crippen LogP contribution in [0.15, 0.2) is 0 Å². The maximum Gasteiger partial charge on any atom is 0.167 e. The summed E-state index contributed by atoms with van der Waals surface area (Å²) in [6.45, 7) is 0. The van der Waals surface area contributed by atoms with E-state index >= 15 is 0 Å². The van der Waals surface area contributed by atoms with Crippen LogP contribution in [-0.2, 0) is 11.8 Å². The fourth-order valence-electron chi connectivity index (χ4n) is 0. The molecule has 0 spiro atoms. The number of rotatable bonds is 0. The van der Waals surface area contributed by atoms with Crippen molar-refractivity contribution in [3.05, 3.63) is 0 Å². The van der Waals surface area contributed by atoms with Gasteiger partial charge in [-0.15, -0.1) is 24.0 Å².